The predicted octanol–water partition coefficient (Wildman–Crippen LogP) is 3.98. The SMILES string of the molecule is COc1ccc(Br)cc1CN(CC(F)(F)F)C1CC1. The molecule has 106 valence electrons. The molecule has 0 unspecified atom stereocenters. The summed E-state index contributed by atoms with van der Waals surface area (Å²) >= 11 is 3.33. The highest BCUT2D eigenvalue weighted by Crippen LogP contribution is 2.33. The Morgan fingerprint density at radius 1 is 1.37 bits per heavy atom. The first-order chi connectivity index (χ1) is 8.89. The van der Waals surface area contributed by atoms with E-state index in [1.807, 2.05) is 12.1 Å². The van der Waals surface area contributed by atoms with Crippen LogP contribution in [0.25, 0.3) is 0 Å². The molecular formula is C13H15BrF3NO. The molecular weight excluding hydrogens is 323 g/mol. The lowest BCUT2D eigenvalue weighted by Crippen LogP contribution is -2.35. The van der Waals surface area contributed by atoms with E-state index in [9.17, 15) is 13.2 Å². The number of ether oxygens (including phenoxy) is 1. The van der Waals surface area contributed by atoms with E-state index in [-0.39, 0.29) is 12.6 Å². The summed E-state index contributed by atoms with van der Waals surface area (Å²) in [7, 11) is 1.53. The topological polar surface area (TPSA) is 12.5 Å². The minimum Gasteiger partial charge on any atom is -0.496 e. The van der Waals surface area contributed by atoms with Crippen LogP contribution in [0.5, 0.6) is 5.75 Å². The van der Waals surface area contributed by atoms with Crippen molar-refractivity contribution in [3.63, 3.8) is 0 Å². The van der Waals surface area contributed by atoms with Crippen LogP contribution < -0.4 is 4.74 Å². The molecule has 1 aromatic carbocycles. The van der Waals surface area contributed by atoms with E-state index in [1.165, 1.54) is 12.0 Å². The van der Waals surface area contributed by atoms with Gasteiger partial charge in [0.05, 0.1) is 13.7 Å². The van der Waals surface area contributed by atoms with Crippen molar-refractivity contribution in [1.82, 2.24) is 4.90 Å². The van der Waals surface area contributed by atoms with Gasteiger partial charge in [0.15, 0.2) is 0 Å². The quantitative estimate of drug-likeness (QED) is 0.805. The van der Waals surface area contributed by atoms with Gasteiger partial charge in [-0.05, 0) is 31.0 Å². The number of benzene rings is 1. The van der Waals surface area contributed by atoms with Crippen molar-refractivity contribution in [3.05, 3.63) is 28.2 Å². The second-order valence-electron chi connectivity index (χ2n) is 4.71. The van der Waals surface area contributed by atoms with Crippen LogP contribution in [0.4, 0.5) is 13.2 Å². The third kappa shape index (κ3) is 4.38. The Kier molecular flexibility index (Phi) is 4.40. The van der Waals surface area contributed by atoms with E-state index in [0.29, 0.717) is 5.75 Å². The second kappa shape index (κ2) is 5.71. The Labute approximate surface area is 118 Å². The van der Waals surface area contributed by atoms with E-state index in [0.717, 1.165) is 22.9 Å². The average Bonchev–Trinajstić information content (AvgIpc) is 3.10. The number of methoxy groups -OCH3 is 1. The zero-order valence-corrected chi connectivity index (χ0v) is 12.1. The van der Waals surface area contributed by atoms with E-state index in [1.54, 1.807) is 6.07 Å². The van der Waals surface area contributed by atoms with Crippen LogP contribution in [-0.4, -0.2) is 30.8 Å². The molecule has 0 saturated heterocycles. The summed E-state index contributed by atoms with van der Waals surface area (Å²) < 4.78 is 43.8. The molecule has 2 nitrogen and oxygen atoms in total. The first-order valence-electron chi connectivity index (χ1n) is 6.02. The second-order valence-corrected chi connectivity index (χ2v) is 5.62. The van der Waals surface area contributed by atoms with Crippen LogP contribution in [0.3, 0.4) is 0 Å². The smallest absolute Gasteiger partial charge is 0.401 e. The highest BCUT2D eigenvalue weighted by molar-refractivity contribution is 9.10. The zero-order chi connectivity index (χ0) is 14.0. The Morgan fingerprint density at radius 3 is 2.58 bits per heavy atom. The van der Waals surface area contributed by atoms with Crippen molar-refractivity contribution in [2.24, 2.45) is 0 Å². The molecule has 0 aliphatic heterocycles. The van der Waals surface area contributed by atoms with Crippen LogP contribution in [0.1, 0.15) is 18.4 Å². The fourth-order valence-electron chi connectivity index (χ4n) is 2.07. The van der Waals surface area contributed by atoms with Crippen molar-refractivity contribution < 1.29 is 17.9 Å². The van der Waals surface area contributed by atoms with Crippen LogP contribution in [0.2, 0.25) is 0 Å². The summed E-state index contributed by atoms with van der Waals surface area (Å²) in [5, 5.41) is 0. The lowest BCUT2D eigenvalue weighted by molar-refractivity contribution is -0.148. The summed E-state index contributed by atoms with van der Waals surface area (Å²) in [4.78, 5) is 1.48. The Morgan fingerprint density at radius 2 is 2.05 bits per heavy atom. The summed E-state index contributed by atoms with van der Waals surface area (Å²) in [6, 6.07) is 5.43. The van der Waals surface area contributed by atoms with Crippen LogP contribution >= 0.6 is 15.9 Å². The highest BCUT2D eigenvalue weighted by atomic mass is 79.9. The number of alkyl halides is 3. The standard InChI is InChI=1S/C13H15BrF3NO/c1-19-12-5-2-10(14)6-9(12)7-18(11-3-4-11)8-13(15,16)17/h2,5-6,11H,3-4,7-8H2,1H3. The Hall–Kier alpha value is -0.750. The molecule has 0 N–H and O–H groups in total. The average molecular weight is 338 g/mol. The van der Waals surface area contributed by atoms with Crippen molar-refractivity contribution in [1.29, 1.82) is 0 Å². The maximum absolute atomic E-state index is 12.6. The van der Waals surface area contributed by atoms with Gasteiger partial charge in [0.25, 0.3) is 0 Å². The van der Waals surface area contributed by atoms with E-state index in [2.05, 4.69) is 15.9 Å². The predicted molar refractivity (Wildman–Crippen MR) is 70.2 cm³/mol. The molecule has 0 heterocycles. The molecule has 1 aromatic rings. The summed E-state index contributed by atoms with van der Waals surface area (Å²) in [5.74, 6) is 0.621. The number of nitrogens with zero attached hydrogens (tertiary/aromatic N) is 1. The summed E-state index contributed by atoms with van der Waals surface area (Å²) in [5.41, 5.74) is 0.771. The van der Waals surface area contributed by atoms with Gasteiger partial charge in [-0.3, -0.25) is 4.90 Å². The Balaban J connectivity index is 2.14. The fourth-order valence-corrected chi connectivity index (χ4v) is 2.48. The first kappa shape index (κ1) is 14.7. The molecule has 0 radical (unpaired) electrons. The van der Waals surface area contributed by atoms with Gasteiger partial charge in [-0.2, -0.15) is 13.2 Å². The van der Waals surface area contributed by atoms with Gasteiger partial charge in [0, 0.05) is 22.6 Å². The first-order valence-corrected chi connectivity index (χ1v) is 6.81. The molecule has 6 heteroatoms. The molecule has 19 heavy (non-hydrogen) atoms. The minimum absolute atomic E-state index is 0.0466. The molecule has 0 amide bonds. The number of hydrogen-bond donors (Lipinski definition) is 0. The molecule has 1 aliphatic rings. The largest absolute Gasteiger partial charge is 0.496 e. The van der Waals surface area contributed by atoms with Crippen molar-refractivity contribution in [2.75, 3.05) is 13.7 Å². The van der Waals surface area contributed by atoms with Gasteiger partial charge in [-0.1, -0.05) is 15.9 Å². The van der Waals surface area contributed by atoms with Crippen molar-refractivity contribution >= 4 is 15.9 Å². The van der Waals surface area contributed by atoms with E-state index >= 15 is 0 Å². The van der Waals surface area contributed by atoms with Gasteiger partial charge < -0.3 is 4.74 Å². The van der Waals surface area contributed by atoms with Gasteiger partial charge in [0.2, 0.25) is 0 Å². The number of hydrogen-bond acceptors (Lipinski definition) is 2. The van der Waals surface area contributed by atoms with Gasteiger partial charge >= 0.3 is 6.18 Å². The lowest BCUT2D eigenvalue weighted by Gasteiger charge is -2.24. The normalized spacial score (nSPS) is 15.9. The molecule has 1 saturated carbocycles. The molecule has 0 bridgehead atoms. The van der Waals surface area contributed by atoms with Crippen LogP contribution in [-0.2, 0) is 6.54 Å². The molecule has 2 rings (SSSR count). The fraction of sp³-hybridized carbons (Fsp3) is 0.538. The van der Waals surface area contributed by atoms with Crippen LogP contribution in [0, 0.1) is 0 Å². The Bertz CT molecular complexity index is 446. The number of rotatable bonds is 5. The third-order valence-corrected chi connectivity index (χ3v) is 3.55. The summed E-state index contributed by atoms with van der Waals surface area (Å²) in [6.45, 7) is -0.611. The zero-order valence-electron chi connectivity index (χ0n) is 10.5. The maximum atomic E-state index is 12.6. The number of halogens is 4. The molecule has 0 atom stereocenters. The minimum atomic E-state index is -4.16. The highest BCUT2D eigenvalue weighted by Gasteiger charge is 2.38. The molecule has 1 aliphatic carbocycles. The van der Waals surface area contributed by atoms with Gasteiger partial charge in [-0.15, -0.1) is 0 Å². The van der Waals surface area contributed by atoms with Gasteiger partial charge in [-0.25, -0.2) is 0 Å². The monoisotopic (exact) mass is 337 g/mol. The molecule has 0 aromatic heterocycles. The van der Waals surface area contributed by atoms with Crippen molar-refractivity contribution in [3.8, 4) is 5.75 Å². The lowest BCUT2D eigenvalue weighted by atomic mass is 10.2. The maximum Gasteiger partial charge on any atom is 0.401 e. The molecule has 0 spiro atoms. The van der Waals surface area contributed by atoms with Crippen LogP contribution in [0.15, 0.2) is 22.7 Å². The molecule has 1 fully saturated rings. The summed E-state index contributed by atoms with van der Waals surface area (Å²) in [6.07, 6.45) is -2.49. The van der Waals surface area contributed by atoms with E-state index < -0.39 is 12.7 Å². The van der Waals surface area contributed by atoms with E-state index in [4.69, 9.17) is 4.74 Å². The van der Waals surface area contributed by atoms with Gasteiger partial charge in [0.1, 0.15) is 5.75 Å². The van der Waals surface area contributed by atoms with Crippen molar-refractivity contribution in [2.45, 2.75) is 31.6 Å². The third-order valence-electron chi connectivity index (χ3n) is 3.06.